The highest BCUT2D eigenvalue weighted by molar-refractivity contribution is 5.47. The number of hydrogen-bond donors (Lipinski definition) is 2. The predicted octanol–water partition coefficient (Wildman–Crippen LogP) is 2.14. The number of nitrogens with zero attached hydrogens (tertiary/aromatic N) is 2. The molecule has 0 aromatic carbocycles. The molecule has 0 saturated heterocycles. The normalized spacial score (nSPS) is 26.2. The molecule has 1 saturated carbocycles. The van der Waals surface area contributed by atoms with E-state index in [-0.39, 0.29) is 0 Å². The Balaban J connectivity index is 1.67. The molecule has 3 N–H and O–H groups in total. The van der Waals surface area contributed by atoms with Crippen molar-refractivity contribution >= 4 is 5.82 Å². The van der Waals surface area contributed by atoms with Crippen molar-refractivity contribution in [1.29, 1.82) is 0 Å². The molecule has 3 rings (SSSR count). The summed E-state index contributed by atoms with van der Waals surface area (Å²) in [6.45, 7) is 1.85. The fourth-order valence-electron chi connectivity index (χ4n) is 3.59. The molecular formula is C15H24N4. The van der Waals surface area contributed by atoms with Gasteiger partial charge in [-0.25, -0.2) is 9.97 Å². The molecular weight excluding hydrogens is 236 g/mol. The molecule has 4 heteroatoms. The minimum absolute atomic E-state index is 0.699. The number of aryl methyl sites for hydroxylation is 1. The monoisotopic (exact) mass is 260 g/mol. The van der Waals surface area contributed by atoms with E-state index < -0.39 is 0 Å². The van der Waals surface area contributed by atoms with Gasteiger partial charge in [0.05, 0.1) is 0 Å². The molecule has 0 spiro atoms. The summed E-state index contributed by atoms with van der Waals surface area (Å²) in [5, 5.41) is 3.57. The first-order valence-corrected chi connectivity index (χ1v) is 7.65. The summed E-state index contributed by atoms with van der Waals surface area (Å²) in [7, 11) is 0. The Kier molecular flexibility index (Phi) is 3.97. The highest BCUT2D eigenvalue weighted by Crippen LogP contribution is 2.31. The van der Waals surface area contributed by atoms with Crippen molar-refractivity contribution in [3.05, 3.63) is 17.6 Å². The largest absolute Gasteiger partial charge is 0.369 e. The van der Waals surface area contributed by atoms with Crippen LogP contribution in [0.1, 0.15) is 43.4 Å². The molecule has 1 fully saturated rings. The van der Waals surface area contributed by atoms with Crippen LogP contribution >= 0.6 is 0 Å². The number of hydrogen-bond acceptors (Lipinski definition) is 4. The number of nitrogens with two attached hydrogens (primary N) is 1. The number of fused-ring (bicyclic) bond motifs is 1. The second kappa shape index (κ2) is 5.87. The van der Waals surface area contributed by atoms with Crippen molar-refractivity contribution in [2.24, 2.45) is 17.6 Å². The minimum atomic E-state index is 0.699. The van der Waals surface area contributed by atoms with E-state index in [1.54, 1.807) is 6.33 Å². The third-order valence-electron chi connectivity index (χ3n) is 4.78. The molecule has 0 amide bonds. The van der Waals surface area contributed by atoms with Crippen molar-refractivity contribution in [2.45, 2.75) is 44.9 Å². The van der Waals surface area contributed by atoms with E-state index in [1.165, 1.54) is 43.4 Å². The SMILES string of the molecule is NCC1CCCC1CNc1ncnc2c1CCCC2. The highest BCUT2D eigenvalue weighted by atomic mass is 15.0. The van der Waals surface area contributed by atoms with E-state index in [9.17, 15) is 0 Å². The van der Waals surface area contributed by atoms with Gasteiger partial charge in [0.2, 0.25) is 0 Å². The van der Waals surface area contributed by atoms with Crippen molar-refractivity contribution < 1.29 is 0 Å². The van der Waals surface area contributed by atoms with Gasteiger partial charge in [-0.05, 0) is 56.9 Å². The van der Waals surface area contributed by atoms with E-state index in [0.717, 1.165) is 37.7 Å². The molecule has 2 aliphatic carbocycles. The first-order chi connectivity index (χ1) is 9.38. The topological polar surface area (TPSA) is 63.8 Å². The Hall–Kier alpha value is -1.16. The average molecular weight is 260 g/mol. The summed E-state index contributed by atoms with van der Waals surface area (Å²) in [4.78, 5) is 8.87. The van der Waals surface area contributed by atoms with Crippen LogP contribution in [0.25, 0.3) is 0 Å². The maximum Gasteiger partial charge on any atom is 0.132 e. The maximum atomic E-state index is 5.85. The van der Waals surface area contributed by atoms with Gasteiger partial charge in [-0.3, -0.25) is 0 Å². The van der Waals surface area contributed by atoms with E-state index in [2.05, 4.69) is 15.3 Å². The second-order valence-corrected chi connectivity index (χ2v) is 5.92. The molecule has 2 atom stereocenters. The third kappa shape index (κ3) is 2.73. The van der Waals surface area contributed by atoms with Crippen molar-refractivity contribution in [3.8, 4) is 0 Å². The molecule has 104 valence electrons. The van der Waals surface area contributed by atoms with Gasteiger partial charge in [0, 0.05) is 17.8 Å². The van der Waals surface area contributed by atoms with Crippen LogP contribution in [0.2, 0.25) is 0 Å². The molecule has 1 heterocycles. The van der Waals surface area contributed by atoms with Crippen molar-refractivity contribution in [3.63, 3.8) is 0 Å². The van der Waals surface area contributed by atoms with E-state index >= 15 is 0 Å². The molecule has 4 nitrogen and oxygen atoms in total. The third-order valence-corrected chi connectivity index (χ3v) is 4.78. The predicted molar refractivity (Wildman–Crippen MR) is 77.0 cm³/mol. The summed E-state index contributed by atoms with van der Waals surface area (Å²) in [6, 6.07) is 0. The van der Waals surface area contributed by atoms with E-state index in [4.69, 9.17) is 5.73 Å². The lowest BCUT2D eigenvalue weighted by molar-refractivity contribution is 0.414. The van der Waals surface area contributed by atoms with Crippen molar-refractivity contribution in [2.75, 3.05) is 18.4 Å². The van der Waals surface area contributed by atoms with Crippen molar-refractivity contribution in [1.82, 2.24) is 9.97 Å². The molecule has 2 unspecified atom stereocenters. The van der Waals surface area contributed by atoms with Crippen LogP contribution < -0.4 is 11.1 Å². The number of rotatable bonds is 4. The zero-order valence-corrected chi connectivity index (χ0v) is 11.6. The van der Waals surface area contributed by atoms with Gasteiger partial charge in [-0.1, -0.05) is 6.42 Å². The lowest BCUT2D eigenvalue weighted by Gasteiger charge is -2.22. The summed E-state index contributed by atoms with van der Waals surface area (Å²) in [6.07, 6.45) is 10.4. The summed E-state index contributed by atoms with van der Waals surface area (Å²) in [5.41, 5.74) is 8.46. The smallest absolute Gasteiger partial charge is 0.132 e. The van der Waals surface area contributed by atoms with Gasteiger partial charge >= 0.3 is 0 Å². The van der Waals surface area contributed by atoms with Crippen LogP contribution in [-0.2, 0) is 12.8 Å². The molecule has 0 aliphatic heterocycles. The first-order valence-electron chi connectivity index (χ1n) is 7.65. The Bertz CT molecular complexity index is 432. The zero-order valence-electron chi connectivity index (χ0n) is 11.6. The van der Waals surface area contributed by atoms with Crippen LogP contribution in [0.15, 0.2) is 6.33 Å². The van der Waals surface area contributed by atoms with E-state index in [1.807, 2.05) is 0 Å². The lowest BCUT2D eigenvalue weighted by Crippen LogP contribution is -2.25. The van der Waals surface area contributed by atoms with Crippen LogP contribution in [0.5, 0.6) is 0 Å². The van der Waals surface area contributed by atoms with Gasteiger partial charge in [0.25, 0.3) is 0 Å². The van der Waals surface area contributed by atoms with Gasteiger partial charge in [-0.2, -0.15) is 0 Å². The van der Waals surface area contributed by atoms with Gasteiger partial charge in [-0.15, -0.1) is 0 Å². The average Bonchev–Trinajstić information content (AvgIpc) is 2.92. The maximum absolute atomic E-state index is 5.85. The first kappa shape index (κ1) is 12.9. The van der Waals surface area contributed by atoms with Crippen LogP contribution in [0.4, 0.5) is 5.82 Å². The standard InChI is InChI=1S/C15H24N4/c16-8-11-4-3-5-12(11)9-17-15-13-6-1-2-7-14(13)18-10-19-15/h10-12H,1-9,16H2,(H,17,18,19). The van der Waals surface area contributed by atoms with Crippen LogP contribution in [0, 0.1) is 11.8 Å². The molecule has 0 radical (unpaired) electrons. The highest BCUT2D eigenvalue weighted by Gasteiger charge is 2.26. The second-order valence-electron chi connectivity index (χ2n) is 5.92. The molecule has 1 aromatic heterocycles. The molecule has 0 bridgehead atoms. The van der Waals surface area contributed by atoms with E-state index in [0.29, 0.717) is 5.92 Å². The van der Waals surface area contributed by atoms with Crippen LogP contribution in [-0.4, -0.2) is 23.1 Å². The quantitative estimate of drug-likeness (QED) is 0.870. The van der Waals surface area contributed by atoms with Gasteiger partial charge in [0.1, 0.15) is 12.1 Å². The summed E-state index contributed by atoms with van der Waals surface area (Å²) in [5.74, 6) is 2.50. The fourth-order valence-corrected chi connectivity index (χ4v) is 3.59. The Morgan fingerprint density at radius 3 is 2.84 bits per heavy atom. The summed E-state index contributed by atoms with van der Waals surface area (Å²) >= 11 is 0. The number of nitrogens with one attached hydrogen (secondary N) is 1. The lowest BCUT2D eigenvalue weighted by atomic mass is 9.95. The fraction of sp³-hybridized carbons (Fsp3) is 0.733. The van der Waals surface area contributed by atoms with Gasteiger partial charge in [0.15, 0.2) is 0 Å². The Morgan fingerprint density at radius 1 is 1.11 bits per heavy atom. The van der Waals surface area contributed by atoms with Crippen LogP contribution in [0.3, 0.4) is 0 Å². The minimum Gasteiger partial charge on any atom is -0.369 e. The Morgan fingerprint density at radius 2 is 1.95 bits per heavy atom. The van der Waals surface area contributed by atoms with Gasteiger partial charge < -0.3 is 11.1 Å². The molecule has 19 heavy (non-hydrogen) atoms. The summed E-state index contributed by atoms with van der Waals surface area (Å²) < 4.78 is 0. The molecule has 2 aliphatic rings. The molecule has 1 aromatic rings. The number of aromatic nitrogens is 2. The number of anilines is 1. The Labute approximate surface area is 115 Å². The zero-order chi connectivity index (χ0) is 13.1.